The average Bonchev–Trinajstić information content (AvgIpc) is 3.10. The molecule has 1 heterocycles. The van der Waals surface area contributed by atoms with Crippen molar-refractivity contribution in [1.82, 2.24) is 20.9 Å². The predicted octanol–water partition coefficient (Wildman–Crippen LogP) is 1.92. The third kappa shape index (κ3) is 7.54. The maximum Gasteiger partial charge on any atom is 0.405 e. The Morgan fingerprint density at radius 3 is 2.05 bits per heavy atom. The Morgan fingerprint density at radius 1 is 1.05 bits per heavy atom. The Bertz CT molecular complexity index is 939. The minimum Gasteiger partial charge on any atom is -0.465 e. The highest BCUT2D eigenvalue weighted by molar-refractivity contribution is 6.38. The summed E-state index contributed by atoms with van der Waals surface area (Å²) in [6, 6.07) is -4.37. The second-order valence-electron chi connectivity index (χ2n) is 11.3. The van der Waals surface area contributed by atoms with Gasteiger partial charge in [0.2, 0.25) is 29.4 Å². The summed E-state index contributed by atoms with van der Waals surface area (Å²) in [6.07, 6.45) is -4.31. The van der Waals surface area contributed by atoms with E-state index in [1.54, 1.807) is 20.8 Å². The first-order valence-corrected chi connectivity index (χ1v) is 11.8. The van der Waals surface area contributed by atoms with Crippen molar-refractivity contribution in [2.75, 3.05) is 13.6 Å². The quantitative estimate of drug-likeness (QED) is 0.261. The highest BCUT2D eigenvalue weighted by Gasteiger charge is 2.63. The van der Waals surface area contributed by atoms with E-state index in [-0.39, 0.29) is 13.0 Å². The summed E-state index contributed by atoms with van der Waals surface area (Å²) in [7, 11) is 1.15. The molecule has 0 bridgehead atoms. The van der Waals surface area contributed by atoms with Gasteiger partial charge in [-0.25, -0.2) is 22.4 Å². The maximum absolute atomic E-state index is 13.8. The van der Waals surface area contributed by atoms with Crippen molar-refractivity contribution in [1.29, 1.82) is 0 Å². The second-order valence-corrected chi connectivity index (χ2v) is 11.3. The molecule has 210 valence electrons. The summed E-state index contributed by atoms with van der Waals surface area (Å²) in [6.45, 7) is 5.08. The minimum absolute atomic E-state index is 0.199. The van der Waals surface area contributed by atoms with Gasteiger partial charge in [-0.15, -0.1) is 0 Å². The third-order valence-corrected chi connectivity index (χ3v) is 6.70. The Morgan fingerprint density at radius 2 is 1.62 bits per heavy atom. The number of carboxylic acid groups (broad SMARTS) is 1. The largest absolute Gasteiger partial charge is 0.465 e. The third-order valence-electron chi connectivity index (χ3n) is 6.70. The first-order chi connectivity index (χ1) is 16.7. The topological polar surface area (TPSA) is 145 Å². The lowest BCUT2D eigenvalue weighted by Gasteiger charge is -2.44. The van der Waals surface area contributed by atoms with Gasteiger partial charge in [-0.3, -0.25) is 19.2 Å². The molecule has 2 aliphatic rings. The van der Waals surface area contributed by atoms with Gasteiger partial charge in [0, 0.05) is 38.3 Å². The molecule has 1 spiro atoms. The van der Waals surface area contributed by atoms with E-state index >= 15 is 0 Å². The molecule has 14 heteroatoms. The number of likely N-dealkylation sites (tertiary alicyclic amines) is 1. The minimum atomic E-state index is -3.20. The number of ketones is 1. The van der Waals surface area contributed by atoms with E-state index in [0.717, 1.165) is 11.9 Å². The number of Topliss-reactive ketones (excluding diaryl/α,β-unsaturated/α-hetero) is 1. The molecule has 10 nitrogen and oxygen atoms in total. The summed E-state index contributed by atoms with van der Waals surface area (Å²) >= 11 is 0. The van der Waals surface area contributed by atoms with Crippen LogP contribution in [0, 0.1) is 10.8 Å². The first kappa shape index (κ1) is 30.3. The number of nitrogens with zero attached hydrogens (tertiary/aromatic N) is 1. The van der Waals surface area contributed by atoms with Crippen molar-refractivity contribution < 1.29 is 46.6 Å². The van der Waals surface area contributed by atoms with Gasteiger partial charge in [-0.2, -0.15) is 0 Å². The lowest BCUT2D eigenvalue weighted by Crippen LogP contribution is -2.59. The SMILES string of the molecule is CNC(=O)C(=O)C(CCC(C)(F)F)NC(=O)[C@@H]1CC2(CN1C(=O)C(NC(=O)O)C(C)(C)C)CC(F)(F)C2. The van der Waals surface area contributed by atoms with Gasteiger partial charge >= 0.3 is 6.09 Å². The zero-order chi connectivity index (χ0) is 28.6. The van der Waals surface area contributed by atoms with E-state index in [1.807, 2.05) is 0 Å². The van der Waals surface area contributed by atoms with Crippen LogP contribution < -0.4 is 16.0 Å². The summed E-state index contributed by atoms with van der Waals surface area (Å²) in [5.74, 6) is -10.3. The molecule has 4 amide bonds. The van der Waals surface area contributed by atoms with Gasteiger partial charge in [0.15, 0.2) is 0 Å². The number of hydrogen-bond acceptors (Lipinski definition) is 5. The summed E-state index contributed by atoms with van der Waals surface area (Å²) in [5, 5.41) is 15.7. The first-order valence-electron chi connectivity index (χ1n) is 11.8. The Hall–Kier alpha value is -2.93. The van der Waals surface area contributed by atoms with Gasteiger partial charge in [-0.1, -0.05) is 20.8 Å². The van der Waals surface area contributed by atoms with Crippen LogP contribution in [0.1, 0.15) is 59.8 Å². The molecule has 37 heavy (non-hydrogen) atoms. The predicted molar refractivity (Wildman–Crippen MR) is 122 cm³/mol. The fourth-order valence-electron chi connectivity index (χ4n) is 4.98. The molecule has 0 aromatic rings. The van der Waals surface area contributed by atoms with Crippen molar-refractivity contribution in [3.8, 4) is 0 Å². The van der Waals surface area contributed by atoms with Crippen LogP contribution in [0.25, 0.3) is 0 Å². The van der Waals surface area contributed by atoms with Gasteiger partial charge in [0.25, 0.3) is 5.91 Å². The van der Waals surface area contributed by atoms with Gasteiger partial charge in [-0.05, 0) is 25.2 Å². The molecule has 0 aromatic heterocycles. The standard InChI is InChI=1S/C23H34F4N4O6/c1-20(2,3)15(30-19(36)37)18(35)31-11-22(9-23(26,27)10-22)8-13(31)16(33)29-12(6-7-21(4,24)25)14(32)17(34)28-5/h12-13,15,30H,6-11H2,1-5H3,(H,28,34)(H,29,33)(H,36,37)/t12?,13-,15?/m0/s1. The second kappa shape index (κ2) is 10.4. The Kier molecular flexibility index (Phi) is 8.55. The van der Waals surface area contributed by atoms with E-state index in [1.165, 1.54) is 0 Å². The molecule has 3 atom stereocenters. The molecule has 1 aliphatic carbocycles. The number of likely N-dealkylation sites (N-methyl/N-ethyl adjacent to an activating group) is 1. The van der Waals surface area contributed by atoms with E-state index in [9.17, 15) is 46.6 Å². The average molecular weight is 539 g/mol. The van der Waals surface area contributed by atoms with Crippen LogP contribution in [0.5, 0.6) is 0 Å². The Balaban J connectivity index is 2.37. The summed E-state index contributed by atoms with van der Waals surface area (Å²) in [4.78, 5) is 63.5. The number of carbonyl (C=O) groups is 5. The van der Waals surface area contributed by atoms with E-state index in [4.69, 9.17) is 0 Å². The molecule has 4 N–H and O–H groups in total. The number of hydrogen-bond donors (Lipinski definition) is 4. The lowest BCUT2D eigenvalue weighted by atomic mass is 9.65. The van der Waals surface area contributed by atoms with Crippen LogP contribution in [0.4, 0.5) is 22.4 Å². The number of nitrogens with one attached hydrogen (secondary N) is 3. The van der Waals surface area contributed by atoms with Gasteiger partial charge < -0.3 is 26.0 Å². The van der Waals surface area contributed by atoms with Crippen LogP contribution in [-0.4, -0.2) is 83.2 Å². The Labute approximate surface area is 211 Å². The van der Waals surface area contributed by atoms with Crippen molar-refractivity contribution in [3.63, 3.8) is 0 Å². The van der Waals surface area contributed by atoms with Crippen LogP contribution in [-0.2, 0) is 19.2 Å². The van der Waals surface area contributed by atoms with Crippen LogP contribution in [0.2, 0.25) is 0 Å². The normalized spacial score (nSPS) is 22.0. The molecule has 2 fully saturated rings. The van der Waals surface area contributed by atoms with E-state index in [0.29, 0.717) is 6.92 Å². The fraction of sp³-hybridized carbons (Fsp3) is 0.783. The van der Waals surface area contributed by atoms with Gasteiger partial charge in [0.05, 0.1) is 6.04 Å². The van der Waals surface area contributed by atoms with Crippen molar-refractivity contribution in [2.24, 2.45) is 10.8 Å². The zero-order valence-corrected chi connectivity index (χ0v) is 21.4. The zero-order valence-electron chi connectivity index (χ0n) is 21.4. The number of carbonyl (C=O) groups excluding carboxylic acids is 4. The van der Waals surface area contributed by atoms with E-state index < -0.39 is 96.1 Å². The van der Waals surface area contributed by atoms with Crippen LogP contribution >= 0.6 is 0 Å². The summed E-state index contributed by atoms with van der Waals surface area (Å²) in [5.41, 5.74) is -2.07. The molecule has 1 saturated heterocycles. The number of halogens is 4. The smallest absolute Gasteiger partial charge is 0.405 e. The number of alkyl halides is 4. The molecule has 0 aromatic carbocycles. The number of amides is 4. The summed E-state index contributed by atoms with van der Waals surface area (Å²) < 4.78 is 54.6. The molecule has 0 radical (unpaired) electrons. The molecule has 1 aliphatic heterocycles. The molecule has 1 saturated carbocycles. The fourth-order valence-corrected chi connectivity index (χ4v) is 4.98. The van der Waals surface area contributed by atoms with Crippen molar-refractivity contribution in [2.45, 2.75) is 89.8 Å². The molecular weight excluding hydrogens is 504 g/mol. The highest BCUT2D eigenvalue weighted by atomic mass is 19.3. The molecular formula is C23H34F4N4O6. The van der Waals surface area contributed by atoms with Crippen molar-refractivity contribution in [3.05, 3.63) is 0 Å². The molecule has 2 rings (SSSR count). The lowest BCUT2D eigenvalue weighted by molar-refractivity contribution is -0.159. The van der Waals surface area contributed by atoms with Crippen molar-refractivity contribution >= 4 is 29.6 Å². The van der Waals surface area contributed by atoms with Crippen LogP contribution in [0.3, 0.4) is 0 Å². The van der Waals surface area contributed by atoms with E-state index in [2.05, 4.69) is 16.0 Å². The molecule has 2 unspecified atom stereocenters. The highest BCUT2D eigenvalue weighted by Crippen LogP contribution is 2.58. The maximum atomic E-state index is 13.8. The monoisotopic (exact) mass is 538 g/mol. The van der Waals surface area contributed by atoms with Gasteiger partial charge in [0.1, 0.15) is 12.1 Å². The van der Waals surface area contributed by atoms with Crippen LogP contribution in [0.15, 0.2) is 0 Å². The number of rotatable bonds is 9.